The van der Waals surface area contributed by atoms with Gasteiger partial charge in [0.1, 0.15) is 23.3 Å². The number of methoxy groups -OCH3 is 2. The Morgan fingerprint density at radius 2 is 1.05 bits per heavy atom. The van der Waals surface area contributed by atoms with Crippen LogP contribution in [0.5, 0.6) is 28.7 Å². The van der Waals surface area contributed by atoms with Crippen molar-refractivity contribution in [2.24, 2.45) is 16.6 Å². The molecule has 0 radical (unpaired) electrons. The molecule has 4 aliphatic heterocycles. The highest BCUT2D eigenvalue weighted by molar-refractivity contribution is 5.94. The van der Waals surface area contributed by atoms with E-state index in [9.17, 15) is 19.2 Å². The van der Waals surface area contributed by atoms with Crippen LogP contribution in [-0.2, 0) is 49.2 Å². The molecular formula is C81H114N8O11. The summed E-state index contributed by atoms with van der Waals surface area (Å²) in [5.74, 6) is 4.37. The van der Waals surface area contributed by atoms with Crippen molar-refractivity contribution in [2.75, 3.05) is 114 Å². The topological polar surface area (TPSA) is 190 Å². The molecule has 3 N–H and O–H groups in total. The highest BCUT2D eigenvalue weighted by atomic mass is 16.6. The van der Waals surface area contributed by atoms with E-state index in [4.69, 9.17) is 38.9 Å². The summed E-state index contributed by atoms with van der Waals surface area (Å²) in [6.45, 7) is 24.5. The number of ether oxygens (including phenoxy) is 7. The third-order valence-electron chi connectivity index (χ3n) is 26.0. The van der Waals surface area contributed by atoms with Crippen LogP contribution >= 0.6 is 0 Å². The van der Waals surface area contributed by atoms with Gasteiger partial charge >= 0.3 is 18.2 Å². The Morgan fingerprint density at radius 1 is 0.600 bits per heavy atom. The van der Waals surface area contributed by atoms with Gasteiger partial charge < -0.3 is 54.0 Å². The number of hydrogen-bond donors (Lipinski definition) is 2. The molecule has 4 heterocycles. The van der Waals surface area contributed by atoms with E-state index >= 15 is 0 Å². The van der Waals surface area contributed by atoms with Crippen molar-refractivity contribution in [1.29, 1.82) is 0 Å². The fourth-order valence-corrected chi connectivity index (χ4v) is 19.5. The number of allylic oxidation sites excluding steroid dienone is 2. The van der Waals surface area contributed by atoms with Gasteiger partial charge in [0, 0.05) is 54.6 Å². The number of nitrogens with two attached hydrogens (primary N) is 1. The van der Waals surface area contributed by atoms with Crippen LogP contribution in [0.2, 0.25) is 0 Å². The van der Waals surface area contributed by atoms with E-state index in [0.29, 0.717) is 66.6 Å². The second-order valence-electron chi connectivity index (χ2n) is 31.1. The van der Waals surface area contributed by atoms with Gasteiger partial charge in [-0.15, -0.1) is 0 Å². The lowest BCUT2D eigenvalue weighted by atomic mass is 9.45. The van der Waals surface area contributed by atoms with Crippen molar-refractivity contribution >= 4 is 35.3 Å². The number of carbonyl (C=O) groups is 4. The van der Waals surface area contributed by atoms with Crippen LogP contribution in [0.4, 0.5) is 21.0 Å². The number of anilines is 2. The lowest BCUT2D eigenvalue weighted by molar-refractivity contribution is -0.139. The van der Waals surface area contributed by atoms with Gasteiger partial charge in [0.2, 0.25) is 0 Å². The summed E-state index contributed by atoms with van der Waals surface area (Å²) < 4.78 is 44.5. The van der Waals surface area contributed by atoms with Gasteiger partial charge in [-0.25, -0.2) is 14.4 Å². The summed E-state index contributed by atoms with van der Waals surface area (Å²) >= 11 is 0. The van der Waals surface area contributed by atoms with Gasteiger partial charge in [0.15, 0.2) is 41.0 Å². The van der Waals surface area contributed by atoms with E-state index in [1.165, 1.54) is 32.7 Å². The summed E-state index contributed by atoms with van der Waals surface area (Å²) in [4.78, 5) is 68.1. The third-order valence-corrected chi connectivity index (χ3v) is 26.0. The van der Waals surface area contributed by atoms with Crippen LogP contribution in [0.3, 0.4) is 0 Å². The molecule has 0 saturated carbocycles. The molecule has 544 valence electrons. The molecule has 2 fully saturated rings. The van der Waals surface area contributed by atoms with Crippen molar-refractivity contribution in [1.82, 2.24) is 24.9 Å². The van der Waals surface area contributed by atoms with Crippen LogP contribution in [0.15, 0.2) is 47.9 Å². The van der Waals surface area contributed by atoms with Crippen molar-refractivity contribution in [3.8, 4) is 28.7 Å². The predicted molar refractivity (Wildman–Crippen MR) is 394 cm³/mol. The maximum absolute atomic E-state index is 14.4. The van der Waals surface area contributed by atoms with Crippen molar-refractivity contribution in [2.45, 2.75) is 206 Å². The van der Waals surface area contributed by atoms with Crippen molar-refractivity contribution in [3.63, 3.8) is 0 Å². The quantitative estimate of drug-likeness (QED) is 0.0405. The number of likely N-dealkylation sites (tertiary alicyclic amines) is 2. The largest absolute Gasteiger partial charge is 0.493 e. The molecule has 12 rings (SSSR count). The molecule has 4 unspecified atom stereocenters. The van der Waals surface area contributed by atoms with Gasteiger partial charge in [-0.3, -0.25) is 24.4 Å². The number of Topliss-reactive ketones (excluding diaryl/α,β-unsaturated/α-hetero) is 1. The first-order valence-corrected chi connectivity index (χ1v) is 36.5. The van der Waals surface area contributed by atoms with E-state index in [0.717, 1.165) is 158 Å². The first-order valence-electron chi connectivity index (χ1n) is 36.5. The summed E-state index contributed by atoms with van der Waals surface area (Å²) in [6.07, 6.45) is 13.6. The number of ketones is 1. The van der Waals surface area contributed by atoms with Crippen LogP contribution in [0.25, 0.3) is 0 Å². The smallest absolute Gasteiger partial charge is 0.419 e. The molecule has 100 heavy (non-hydrogen) atoms. The molecule has 4 aromatic carbocycles. The average molecular weight is 1380 g/mol. The van der Waals surface area contributed by atoms with Gasteiger partial charge in [-0.2, -0.15) is 0 Å². The molecule has 2 spiro atoms. The molecular weight excluding hydrogens is 1260 g/mol. The Kier molecular flexibility index (Phi) is 21.3. The Morgan fingerprint density at radius 3 is 1.52 bits per heavy atom. The zero-order chi connectivity index (χ0) is 72.6. The van der Waals surface area contributed by atoms with E-state index in [-0.39, 0.29) is 39.5 Å². The predicted octanol–water partition coefficient (Wildman–Crippen LogP) is 12.3. The number of esters is 1. The summed E-state index contributed by atoms with van der Waals surface area (Å²) in [6, 6.07) is 8.51. The fourth-order valence-electron chi connectivity index (χ4n) is 19.5. The zero-order valence-corrected chi connectivity index (χ0v) is 63.9. The highest BCUT2D eigenvalue weighted by Crippen LogP contribution is 2.71. The molecule has 4 bridgehead atoms. The number of amides is 2. The SMILES string of the molecule is CNCCCCC(C(=O)CCc1c(C)c(C)c(C)c(C)c1N(C)C(=O)OC1=CC[C@@]2(C)[C@H]3Cc4ccc(OC)c5c4[C@@]2(CCN3C)C1O5)N(C)C.COc1ccc2c3c1OC1C(OC(=O)N(C)c4c(C)c(C)c(C)c(C)c4OC(=O)C(CCCCN)N(C)C)=CC[C@@]4(C)[C@@H](C2)N(C)CC[C@]314. The number of benzene rings is 4. The molecule has 4 aliphatic carbocycles. The summed E-state index contributed by atoms with van der Waals surface area (Å²) in [7, 11) is 21.0. The molecule has 2 amide bonds. The Bertz CT molecular complexity index is 3940. The summed E-state index contributed by atoms with van der Waals surface area (Å²) in [5.41, 5.74) is 20.5. The normalized spacial score (nSPS) is 25.4. The Balaban J connectivity index is 0.000000202. The molecule has 19 nitrogen and oxygen atoms in total. The van der Waals surface area contributed by atoms with E-state index in [1.807, 2.05) is 84.9 Å². The standard InChI is InChI=1S/C42H60N4O5.C39H54N4O6/c1-25-26(2)28(4)37(30(27(25)3)16-17-32(47)31(44(7)8)14-12-13-22-43-6)46(10)40(48)50-34-19-20-41(5)35-24-29-15-18-33(49-11)38-36(29)42(41,39(34)51-38)21-23-45(35)9;1-22-23(2)25(4)33(49-36(44)27(41(6)7)13-11-12-19-40)32(24(22)3)43(9)37(45)47-29-16-17-38(5)30-21-26-14-15-28(46-10)34-31(26)39(38,35(29)48-34)18-20-42(30)8/h15,18-19,31,35,39,43H,12-14,16-17,20-24H2,1-11H3;14-16,27,30,35H,11-13,17-21,40H2,1-10H3/t31?,35-,39?,41+,42+;27?,30-,35?,38+,39+/m11/s1. The third kappa shape index (κ3) is 11.9. The van der Waals surface area contributed by atoms with Crippen LogP contribution in [0.1, 0.15) is 157 Å². The van der Waals surface area contributed by atoms with Crippen LogP contribution < -0.4 is 44.5 Å². The zero-order valence-electron chi connectivity index (χ0n) is 63.9. The van der Waals surface area contributed by atoms with Crippen LogP contribution in [-0.4, -0.2) is 184 Å². The van der Waals surface area contributed by atoms with Crippen LogP contribution in [0, 0.1) is 66.2 Å². The van der Waals surface area contributed by atoms with Gasteiger partial charge in [0.25, 0.3) is 0 Å². The first-order chi connectivity index (χ1) is 47.5. The maximum atomic E-state index is 14.4. The highest BCUT2D eigenvalue weighted by Gasteiger charge is 2.72. The number of nitrogens with zero attached hydrogens (tertiary/aromatic N) is 6. The minimum absolute atomic E-state index is 0.0874. The number of likely N-dealkylation sites (N-methyl/N-ethyl adjacent to an activating group) is 4. The van der Waals surface area contributed by atoms with Crippen molar-refractivity contribution < 1.29 is 52.3 Å². The Labute approximate surface area is 595 Å². The lowest BCUT2D eigenvalue weighted by Gasteiger charge is -2.63. The van der Waals surface area contributed by atoms with Gasteiger partial charge in [-0.05, 0) is 287 Å². The Hall–Kier alpha value is -7.00. The molecule has 2 saturated heterocycles. The fraction of sp³-hybridized carbons (Fsp3) is 0.605. The average Bonchev–Trinajstić information content (AvgIpc) is 1.44. The summed E-state index contributed by atoms with van der Waals surface area (Å²) in [5, 5.41) is 3.20. The lowest BCUT2D eigenvalue weighted by Crippen LogP contribution is -2.69. The first kappa shape index (κ1) is 74.2. The second kappa shape index (κ2) is 28.7. The minimum Gasteiger partial charge on any atom is -0.493 e. The molecule has 4 aromatic rings. The number of rotatable bonds is 23. The van der Waals surface area contributed by atoms with E-state index < -0.39 is 30.4 Å². The van der Waals surface area contributed by atoms with Crippen molar-refractivity contribution in [3.05, 3.63) is 120 Å². The molecule has 10 atom stereocenters. The number of unbranched alkanes of at least 4 members (excludes halogenated alkanes) is 2. The molecule has 8 aliphatic rings. The van der Waals surface area contributed by atoms with Gasteiger partial charge in [-0.1, -0.05) is 38.8 Å². The number of nitrogens with one attached hydrogen (secondary N) is 1. The minimum atomic E-state index is -0.562. The monoisotopic (exact) mass is 1370 g/mol. The second-order valence-corrected chi connectivity index (χ2v) is 31.1. The number of carbonyl (C=O) groups excluding carboxylic acids is 4. The van der Waals surface area contributed by atoms with Gasteiger partial charge in [0.05, 0.1) is 42.5 Å². The number of piperidine rings is 2. The molecule has 19 heteroatoms. The van der Waals surface area contributed by atoms with E-state index in [1.54, 1.807) is 33.2 Å². The molecule has 0 aromatic heterocycles. The van der Waals surface area contributed by atoms with E-state index in [2.05, 4.69) is 95.0 Å². The number of hydrogen-bond acceptors (Lipinski definition) is 17. The maximum Gasteiger partial charge on any atom is 0.419 e.